The van der Waals surface area contributed by atoms with Crippen LogP contribution in [0.2, 0.25) is 5.28 Å². The van der Waals surface area contributed by atoms with Gasteiger partial charge in [-0.1, -0.05) is 0 Å². The maximum Gasteiger partial charge on any atom is 0.224 e. The first-order valence-corrected chi connectivity index (χ1v) is 5.29. The molecule has 0 aromatic carbocycles. The second-order valence-electron chi connectivity index (χ2n) is 3.47. The van der Waals surface area contributed by atoms with Crippen molar-refractivity contribution in [2.45, 2.75) is 6.54 Å². The summed E-state index contributed by atoms with van der Waals surface area (Å²) in [6.45, 7) is 0.553. The quantitative estimate of drug-likeness (QED) is 0.638. The van der Waals surface area contributed by atoms with Gasteiger partial charge in [0.15, 0.2) is 5.65 Å². The lowest BCUT2D eigenvalue weighted by Crippen LogP contribution is -2.03. The summed E-state index contributed by atoms with van der Waals surface area (Å²) in [4.78, 5) is 16.0. The van der Waals surface area contributed by atoms with Crippen LogP contribution in [0.25, 0.3) is 11.0 Å². The normalized spacial score (nSPS) is 10.9. The van der Waals surface area contributed by atoms with E-state index < -0.39 is 0 Å². The van der Waals surface area contributed by atoms with Gasteiger partial charge >= 0.3 is 0 Å². The van der Waals surface area contributed by atoms with E-state index in [1.54, 1.807) is 29.5 Å². The van der Waals surface area contributed by atoms with Crippen molar-refractivity contribution < 1.29 is 0 Å². The molecule has 17 heavy (non-hydrogen) atoms. The zero-order valence-electron chi connectivity index (χ0n) is 8.66. The van der Waals surface area contributed by atoms with Gasteiger partial charge in [0.05, 0.1) is 18.1 Å². The highest BCUT2D eigenvalue weighted by Gasteiger charge is 2.06. The van der Waals surface area contributed by atoms with Gasteiger partial charge in [-0.2, -0.15) is 10.1 Å². The lowest BCUT2D eigenvalue weighted by atomic mass is 10.3. The van der Waals surface area contributed by atoms with Gasteiger partial charge in [0.1, 0.15) is 6.33 Å². The Morgan fingerprint density at radius 2 is 1.94 bits per heavy atom. The van der Waals surface area contributed by atoms with E-state index in [1.165, 1.54) is 6.33 Å². The first-order valence-electron chi connectivity index (χ1n) is 4.91. The van der Waals surface area contributed by atoms with Gasteiger partial charge in [-0.15, -0.1) is 0 Å². The summed E-state index contributed by atoms with van der Waals surface area (Å²) in [6, 6.07) is 0. The molecule has 0 atom stereocenters. The molecule has 3 aromatic rings. The lowest BCUT2D eigenvalue weighted by Gasteiger charge is -2.01. The molecule has 3 rings (SSSR count). The lowest BCUT2D eigenvalue weighted by molar-refractivity contribution is 0.698. The molecule has 0 bridgehead atoms. The van der Waals surface area contributed by atoms with E-state index in [1.807, 2.05) is 0 Å². The fourth-order valence-electron chi connectivity index (χ4n) is 1.55. The predicted molar refractivity (Wildman–Crippen MR) is 61.5 cm³/mol. The van der Waals surface area contributed by atoms with Crippen LogP contribution < -0.4 is 0 Å². The van der Waals surface area contributed by atoms with Crippen molar-refractivity contribution in [3.05, 3.63) is 42.0 Å². The molecule has 0 amide bonds. The topological polar surface area (TPSA) is 69.4 Å². The molecule has 84 valence electrons. The number of rotatable bonds is 2. The standard InChI is InChI=1S/C10H7ClN6/c11-10-14-3-8-4-15-17(9(8)16-10)5-7-1-12-6-13-2-7/h1-4,6H,5H2. The van der Waals surface area contributed by atoms with Crippen LogP contribution in [0.4, 0.5) is 0 Å². The van der Waals surface area contributed by atoms with E-state index in [4.69, 9.17) is 11.6 Å². The Hall–Kier alpha value is -2.08. The van der Waals surface area contributed by atoms with Crippen molar-refractivity contribution in [3.63, 3.8) is 0 Å². The van der Waals surface area contributed by atoms with Crippen molar-refractivity contribution in [2.75, 3.05) is 0 Å². The molecular formula is C10H7ClN6. The molecule has 0 radical (unpaired) electrons. The van der Waals surface area contributed by atoms with Crippen molar-refractivity contribution in [1.82, 2.24) is 29.7 Å². The molecule has 0 saturated heterocycles. The molecule has 3 heterocycles. The zero-order valence-corrected chi connectivity index (χ0v) is 9.41. The monoisotopic (exact) mass is 246 g/mol. The largest absolute Gasteiger partial charge is 0.244 e. The van der Waals surface area contributed by atoms with E-state index in [2.05, 4.69) is 25.0 Å². The second kappa shape index (κ2) is 4.06. The number of hydrogen-bond acceptors (Lipinski definition) is 5. The van der Waals surface area contributed by atoms with E-state index in [0.29, 0.717) is 12.2 Å². The summed E-state index contributed by atoms with van der Waals surface area (Å²) in [5.74, 6) is 0. The van der Waals surface area contributed by atoms with Crippen LogP contribution in [-0.4, -0.2) is 29.7 Å². The summed E-state index contributed by atoms with van der Waals surface area (Å²) in [7, 11) is 0. The molecule has 0 saturated carbocycles. The third-order valence-corrected chi connectivity index (χ3v) is 2.48. The zero-order chi connectivity index (χ0) is 11.7. The fourth-order valence-corrected chi connectivity index (χ4v) is 1.67. The summed E-state index contributed by atoms with van der Waals surface area (Å²) in [6.07, 6.45) is 8.32. The smallest absolute Gasteiger partial charge is 0.224 e. The van der Waals surface area contributed by atoms with Crippen LogP contribution in [0.1, 0.15) is 5.56 Å². The molecule has 0 unspecified atom stereocenters. The van der Waals surface area contributed by atoms with Crippen LogP contribution in [0, 0.1) is 0 Å². The number of fused-ring (bicyclic) bond motifs is 1. The van der Waals surface area contributed by atoms with Crippen molar-refractivity contribution >= 4 is 22.6 Å². The maximum atomic E-state index is 5.76. The average Bonchev–Trinajstić information content (AvgIpc) is 2.73. The van der Waals surface area contributed by atoms with Gasteiger partial charge in [-0.05, 0) is 11.6 Å². The van der Waals surface area contributed by atoms with Gasteiger partial charge < -0.3 is 0 Å². The van der Waals surface area contributed by atoms with Gasteiger partial charge in [-0.25, -0.2) is 19.6 Å². The average molecular weight is 247 g/mol. The van der Waals surface area contributed by atoms with Crippen molar-refractivity contribution in [2.24, 2.45) is 0 Å². The number of nitrogens with zero attached hydrogens (tertiary/aromatic N) is 6. The van der Waals surface area contributed by atoms with E-state index >= 15 is 0 Å². The van der Waals surface area contributed by atoms with Crippen LogP contribution in [0.15, 0.2) is 31.1 Å². The Bertz CT molecular complexity index is 650. The maximum absolute atomic E-state index is 5.76. The van der Waals surface area contributed by atoms with Gasteiger partial charge in [0.2, 0.25) is 5.28 Å². The van der Waals surface area contributed by atoms with Crippen LogP contribution in [0.5, 0.6) is 0 Å². The molecule has 0 aliphatic rings. The molecule has 0 fully saturated rings. The van der Waals surface area contributed by atoms with Crippen molar-refractivity contribution in [3.8, 4) is 0 Å². The minimum Gasteiger partial charge on any atom is -0.244 e. The molecule has 6 nitrogen and oxygen atoms in total. The van der Waals surface area contributed by atoms with E-state index in [9.17, 15) is 0 Å². The highest BCUT2D eigenvalue weighted by Crippen LogP contribution is 2.13. The second-order valence-corrected chi connectivity index (χ2v) is 3.80. The first kappa shape index (κ1) is 10.1. The molecule has 7 heteroatoms. The van der Waals surface area contributed by atoms with Crippen molar-refractivity contribution in [1.29, 1.82) is 0 Å². The highest BCUT2D eigenvalue weighted by molar-refractivity contribution is 6.28. The molecule has 0 aliphatic heterocycles. The number of hydrogen-bond donors (Lipinski definition) is 0. The van der Waals surface area contributed by atoms with Gasteiger partial charge in [-0.3, -0.25) is 0 Å². The summed E-state index contributed by atoms with van der Waals surface area (Å²) in [5, 5.41) is 5.30. The Morgan fingerprint density at radius 1 is 1.12 bits per heavy atom. The highest BCUT2D eigenvalue weighted by atomic mass is 35.5. The molecule has 0 N–H and O–H groups in total. The molecule has 0 spiro atoms. The van der Waals surface area contributed by atoms with Gasteiger partial charge in [0, 0.05) is 24.2 Å². The molecule has 3 aromatic heterocycles. The number of aromatic nitrogens is 6. The Morgan fingerprint density at radius 3 is 2.76 bits per heavy atom. The first-order chi connectivity index (χ1) is 8.33. The van der Waals surface area contributed by atoms with Crippen LogP contribution >= 0.6 is 11.6 Å². The van der Waals surface area contributed by atoms with Crippen LogP contribution in [0.3, 0.4) is 0 Å². The molecular weight excluding hydrogens is 240 g/mol. The fraction of sp³-hybridized carbons (Fsp3) is 0.100. The Balaban J connectivity index is 2.03. The summed E-state index contributed by atoms with van der Waals surface area (Å²) >= 11 is 5.76. The SMILES string of the molecule is Clc1ncc2cnn(Cc3cncnc3)c2n1. The summed E-state index contributed by atoms with van der Waals surface area (Å²) < 4.78 is 1.74. The summed E-state index contributed by atoms with van der Waals surface area (Å²) in [5.41, 5.74) is 1.65. The van der Waals surface area contributed by atoms with E-state index in [0.717, 1.165) is 10.9 Å². The minimum absolute atomic E-state index is 0.212. The number of halogens is 1. The van der Waals surface area contributed by atoms with E-state index in [-0.39, 0.29) is 5.28 Å². The van der Waals surface area contributed by atoms with Gasteiger partial charge in [0.25, 0.3) is 0 Å². The minimum atomic E-state index is 0.212. The Kier molecular flexibility index (Phi) is 2.41. The molecule has 0 aliphatic carbocycles. The van der Waals surface area contributed by atoms with Crippen LogP contribution in [-0.2, 0) is 6.54 Å². The third-order valence-electron chi connectivity index (χ3n) is 2.29. The predicted octanol–water partition coefficient (Wildman–Crippen LogP) is 1.32. The third kappa shape index (κ3) is 1.94. The Labute approximate surface area is 101 Å².